The second kappa shape index (κ2) is 15.7. The number of nitrogens with one attached hydrogen (secondary N) is 1. The average Bonchev–Trinajstić information content (AvgIpc) is 4.10. The summed E-state index contributed by atoms with van der Waals surface area (Å²) in [7, 11) is 2.25. The lowest BCUT2D eigenvalue weighted by Crippen LogP contribution is -2.27. The number of benzene rings is 6. The fourth-order valence-electron chi connectivity index (χ4n) is 11.0. The van der Waals surface area contributed by atoms with E-state index < -0.39 is 0 Å². The molecular formula is C50H56N6O. The SMILES string of the molecule is CN1CC2CN(c3ccc4ccccc4c3)CC2C1.O=CN1CC2CN(c3ccc4ccccc4c3)CC2C1.c1ccc2cc(N3CC4CNCC4C3)ccc2c1. The van der Waals surface area contributed by atoms with Gasteiger partial charge in [0.2, 0.25) is 6.41 Å². The van der Waals surface area contributed by atoms with Crippen molar-refractivity contribution in [3.05, 3.63) is 127 Å². The number of hydrogen-bond acceptors (Lipinski definition) is 6. The number of nitrogens with zero attached hydrogens (tertiary/aromatic N) is 5. The maximum atomic E-state index is 10.8. The van der Waals surface area contributed by atoms with E-state index in [4.69, 9.17) is 0 Å². The molecule has 292 valence electrons. The molecule has 57 heavy (non-hydrogen) atoms. The number of fused-ring (bicyclic) bond motifs is 6. The molecule has 7 heteroatoms. The molecule has 1 N–H and O–H groups in total. The van der Waals surface area contributed by atoms with E-state index in [1.807, 2.05) is 4.90 Å². The van der Waals surface area contributed by atoms with Gasteiger partial charge in [-0.2, -0.15) is 0 Å². The first-order chi connectivity index (χ1) is 28.0. The summed E-state index contributed by atoms with van der Waals surface area (Å²) in [6.45, 7) is 13.9. The van der Waals surface area contributed by atoms with Crippen LogP contribution in [0, 0.1) is 35.5 Å². The van der Waals surface area contributed by atoms with Crippen LogP contribution in [0.15, 0.2) is 127 Å². The van der Waals surface area contributed by atoms with E-state index in [0.717, 1.165) is 56.3 Å². The maximum Gasteiger partial charge on any atom is 0.209 e. The van der Waals surface area contributed by atoms with E-state index in [1.165, 1.54) is 102 Å². The van der Waals surface area contributed by atoms with Crippen molar-refractivity contribution >= 4 is 55.8 Å². The number of amides is 1. The van der Waals surface area contributed by atoms with Gasteiger partial charge in [0.25, 0.3) is 0 Å². The average molecular weight is 757 g/mol. The Labute approximate surface area is 337 Å². The Morgan fingerprint density at radius 1 is 0.421 bits per heavy atom. The summed E-state index contributed by atoms with van der Waals surface area (Å²) < 4.78 is 0. The Balaban J connectivity index is 0.000000104. The maximum absolute atomic E-state index is 10.8. The Kier molecular flexibility index (Phi) is 9.97. The predicted molar refractivity (Wildman–Crippen MR) is 237 cm³/mol. The van der Waals surface area contributed by atoms with Crippen LogP contribution < -0.4 is 20.0 Å². The highest BCUT2D eigenvalue weighted by Crippen LogP contribution is 2.36. The van der Waals surface area contributed by atoms with Gasteiger partial charge in [-0.15, -0.1) is 0 Å². The van der Waals surface area contributed by atoms with Gasteiger partial charge in [-0.1, -0.05) is 91.0 Å². The highest BCUT2D eigenvalue weighted by atomic mass is 16.1. The van der Waals surface area contributed by atoms with Gasteiger partial charge in [0.05, 0.1) is 0 Å². The molecule has 0 bridgehead atoms. The minimum atomic E-state index is 0.645. The monoisotopic (exact) mass is 756 g/mol. The largest absolute Gasteiger partial charge is 0.371 e. The van der Waals surface area contributed by atoms with Gasteiger partial charge in [-0.25, -0.2) is 0 Å². The van der Waals surface area contributed by atoms with Crippen molar-refractivity contribution in [2.24, 2.45) is 35.5 Å². The van der Waals surface area contributed by atoms with Crippen molar-refractivity contribution in [1.29, 1.82) is 0 Å². The van der Waals surface area contributed by atoms with Crippen molar-refractivity contribution in [2.75, 3.05) is 100 Å². The Morgan fingerprint density at radius 3 is 1.12 bits per heavy atom. The number of hydrogen-bond donors (Lipinski definition) is 1. The van der Waals surface area contributed by atoms with Gasteiger partial charge in [0.15, 0.2) is 0 Å². The second-order valence-corrected chi connectivity index (χ2v) is 17.8. The zero-order valence-corrected chi connectivity index (χ0v) is 33.3. The Bertz CT molecular complexity index is 2320. The zero-order chi connectivity index (χ0) is 38.3. The number of anilines is 3. The predicted octanol–water partition coefficient (Wildman–Crippen LogP) is 7.70. The lowest BCUT2D eigenvalue weighted by Gasteiger charge is -2.21. The van der Waals surface area contributed by atoms with Crippen LogP contribution in [0.5, 0.6) is 0 Å². The highest BCUT2D eigenvalue weighted by molar-refractivity contribution is 5.87. The highest BCUT2D eigenvalue weighted by Gasteiger charge is 2.40. The van der Waals surface area contributed by atoms with Crippen LogP contribution in [0.4, 0.5) is 17.1 Å². The molecule has 6 unspecified atom stereocenters. The minimum Gasteiger partial charge on any atom is -0.371 e. The number of carbonyl (C=O) groups excluding carboxylic acids is 1. The topological polar surface area (TPSA) is 45.3 Å². The van der Waals surface area contributed by atoms with E-state index in [-0.39, 0.29) is 0 Å². The van der Waals surface area contributed by atoms with E-state index >= 15 is 0 Å². The van der Waals surface area contributed by atoms with Crippen molar-refractivity contribution in [1.82, 2.24) is 15.1 Å². The van der Waals surface area contributed by atoms with E-state index in [0.29, 0.717) is 11.8 Å². The van der Waals surface area contributed by atoms with Gasteiger partial charge in [0, 0.05) is 107 Å². The standard InChI is InChI=1S/C17H18N2O.C17H20N2.C16H18N2/c20-12-18-8-15-10-19(11-16(15)9-18)17-6-5-13-3-1-2-4-14(13)7-17;1-18-9-15-11-19(12-16(15)10-18)17-7-6-13-4-2-3-5-14(13)8-17;1-2-4-13-7-16(6-5-12(13)3-1)18-10-14-8-17-9-15(14)11-18/h1-7,12,15-16H,8-11H2;2-8,15-16H,9-12H2,1H3;1-7,14-15,17H,8-11H2. The fourth-order valence-corrected chi connectivity index (χ4v) is 11.0. The number of carbonyl (C=O) groups is 1. The molecule has 6 heterocycles. The van der Waals surface area contributed by atoms with Crippen LogP contribution >= 0.6 is 0 Å². The van der Waals surface area contributed by atoms with Gasteiger partial charge in [-0.3, -0.25) is 4.79 Å². The van der Waals surface area contributed by atoms with Crippen LogP contribution in [0.25, 0.3) is 32.3 Å². The molecule has 6 aromatic carbocycles. The summed E-state index contributed by atoms with van der Waals surface area (Å²) in [4.78, 5) is 22.9. The molecule has 6 saturated heterocycles. The van der Waals surface area contributed by atoms with Crippen LogP contribution in [-0.4, -0.2) is 102 Å². The Hall–Kier alpha value is -5.11. The third-order valence-electron chi connectivity index (χ3n) is 14.0. The zero-order valence-electron chi connectivity index (χ0n) is 33.3. The summed E-state index contributed by atoms with van der Waals surface area (Å²) in [6.07, 6.45) is 0.999. The molecule has 0 saturated carbocycles. The first-order valence-corrected chi connectivity index (χ1v) is 21.3. The first kappa shape index (κ1) is 36.2. The van der Waals surface area contributed by atoms with Crippen LogP contribution in [-0.2, 0) is 4.79 Å². The fraction of sp³-hybridized carbons (Fsp3) is 0.380. The van der Waals surface area contributed by atoms with Gasteiger partial charge in [0.1, 0.15) is 0 Å². The van der Waals surface area contributed by atoms with Crippen molar-refractivity contribution in [3.63, 3.8) is 0 Å². The summed E-state index contributed by atoms with van der Waals surface area (Å²) in [5, 5.41) is 11.5. The van der Waals surface area contributed by atoms with Gasteiger partial charge < -0.3 is 29.8 Å². The van der Waals surface area contributed by atoms with Crippen LogP contribution in [0.1, 0.15) is 0 Å². The van der Waals surface area contributed by atoms with E-state index in [9.17, 15) is 4.79 Å². The molecule has 6 aromatic rings. The summed E-state index contributed by atoms with van der Waals surface area (Å²) in [5.74, 6) is 4.75. The normalized spacial score (nSPS) is 26.3. The third kappa shape index (κ3) is 7.55. The molecule has 12 rings (SSSR count). The smallest absolute Gasteiger partial charge is 0.209 e. The van der Waals surface area contributed by atoms with E-state index in [2.05, 4.69) is 159 Å². The Morgan fingerprint density at radius 2 is 0.754 bits per heavy atom. The first-order valence-electron chi connectivity index (χ1n) is 21.3. The van der Waals surface area contributed by atoms with Crippen molar-refractivity contribution < 1.29 is 4.79 Å². The number of likely N-dealkylation sites (tertiary alicyclic amines) is 2. The van der Waals surface area contributed by atoms with Crippen molar-refractivity contribution in [2.45, 2.75) is 0 Å². The minimum absolute atomic E-state index is 0.645. The molecule has 0 aromatic heterocycles. The summed E-state index contributed by atoms with van der Waals surface area (Å²) in [6, 6.07) is 46.2. The molecule has 6 fully saturated rings. The van der Waals surface area contributed by atoms with Gasteiger partial charge in [-0.05, 0) is 99.4 Å². The molecule has 6 atom stereocenters. The third-order valence-corrected chi connectivity index (χ3v) is 14.0. The lowest BCUT2D eigenvalue weighted by atomic mass is 10.0. The molecule has 0 radical (unpaired) electrons. The molecule has 0 aliphatic carbocycles. The van der Waals surface area contributed by atoms with Gasteiger partial charge >= 0.3 is 0 Å². The number of rotatable bonds is 4. The molecule has 0 spiro atoms. The molecule has 6 aliphatic rings. The van der Waals surface area contributed by atoms with Crippen LogP contribution in [0.2, 0.25) is 0 Å². The van der Waals surface area contributed by atoms with Crippen molar-refractivity contribution in [3.8, 4) is 0 Å². The van der Waals surface area contributed by atoms with Crippen LogP contribution in [0.3, 0.4) is 0 Å². The molecule has 7 nitrogen and oxygen atoms in total. The second-order valence-electron chi connectivity index (χ2n) is 17.8. The molecular weight excluding hydrogens is 701 g/mol. The molecule has 1 amide bonds. The lowest BCUT2D eigenvalue weighted by molar-refractivity contribution is -0.117. The summed E-state index contributed by atoms with van der Waals surface area (Å²) in [5.41, 5.74) is 4.11. The summed E-state index contributed by atoms with van der Waals surface area (Å²) >= 11 is 0. The van der Waals surface area contributed by atoms with E-state index in [1.54, 1.807) is 0 Å². The quantitative estimate of drug-likeness (QED) is 0.186. The molecule has 6 aliphatic heterocycles.